The average Bonchev–Trinajstić information content (AvgIpc) is 2.96. The van der Waals surface area contributed by atoms with Gasteiger partial charge in [0, 0.05) is 17.6 Å². The molecule has 5 nitrogen and oxygen atoms in total. The third-order valence-electron chi connectivity index (χ3n) is 3.46. The number of hydrogen-bond donors (Lipinski definition) is 0. The topological polar surface area (TPSA) is 56.5 Å². The van der Waals surface area contributed by atoms with Crippen molar-refractivity contribution in [1.82, 2.24) is 25.2 Å². The lowest BCUT2D eigenvalue weighted by molar-refractivity contribution is 0.750. The Hall–Kier alpha value is -2.21. The van der Waals surface area contributed by atoms with Crippen molar-refractivity contribution in [2.24, 2.45) is 0 Å². The number of pyridine rings is 1. The summed E-state index contributed by atoms with van der Waals surface area (Å²) in [5.41, 5.74) is 4.55. The van der Waals surface area contributed by atoms with Gasteiger partial charge in [0.2, 0.25) is 5.16 Å². The van der Waals surface area contributed by atoms with E-state index in [1.165, 1.54) is 5.56 Å². The maximum absolute atomic E-state index is 4.17. The molecule has 3 rings (SSSR count). The maximum Gasteiger partial charge on any atom is 0.214 e. The Kier molecular flexibility index (Phi) is 4.20. The molecule has 112 valence electrons. The summed E-state index contributed by atoms with van der Waals surface area (Å²) in [5.74, 6) is 0. The van der Waals surface area contributed by atoms with Gasteiger partial charge >= 0.3 is 0 Å². The summed E-state index contributed by atoms with van der Waals surface area (Å²) in [5, 5.41) is 13.2. The number of nitrogens with zero attached hydrogens (tertiary/aromatic N) is 5. The van der Waals surface area contributed by atoms with E-state index in [1.807, 2.05) is 12.3 Å². The average molecular weight is 311 g/mol. The predicted octanol–water partition coefficient (Wildman–Crippen LogP) is 3.53. The van der Waals surface area contributed by atoms with Crippen molar-refractivity contribution < 1.29 is 0 Å². The van der Waals surface area contributed by atoms with Gasteiger partial charge in [-0.25, -0.2) is 0 Å². The third-order valence-corrected chi connectivity index (χ3v) is 4.55. The number of thioether (sulfide) groups is 1. The Morgan fingerprint density at radius 2 is 2.05 bits per heavy atom. The molecule has 0 spiro atoms. The first-order valence-electron chi connectivity index (χ1n) is 7.08. The fourth-order valence-corrected chi connectivity index (χ4v) is 3.20. The van der Waals surface area contributed by atoms with E-state index in [9.17, 15) is 0 Å². The highest BCUT2D eigenvalue weighted by Gasteiger charge is 2.15. The lowest BCUT2D eigenvalue weighted by atomic mass is 10.1. The van der Waals surface area contributed by atoms with Crippen molar-refractivity contribution in [1.29, 1.82) is 0 Å². The van der Waals surface area contributed by atoms with Gasteiger partial charge in [0.25, 0.3) is 0 Å². The number of hydrogen-bond acceptors (Lipinski definition) is 5. The second-order valence-corrected chi connectivity index (χ2v) is 6.52. The number of rotatable bonds is 4. The molecule has 22 heavy (non-hydrogen) atoms. The maximum atomic E-state index is 4.17. The van der Waals surface area contributed by atoms with Gasteiger partial charge < -0.3 is 0 Å². The molecule has 0 fully saturated rings. The van der Waals surface area contributed by atoms with E-state index >= 15 is 0 Å². The Morgan fingerprint density at radius 3 is 2.77 bits per heavy atom. The van der Waals surface area contributed by atoms with Crippen LogP contribution in [0.3, 0.4) is 0 Å². The molecule has 6 heteroatoms. The number of tetrazole rings is 1. The molecule has 0 N–H and O–H groups in total. The summed E-state index contributed by atoms with van der Waals surface area (Å²) in [6, 6.07) is 10.3. The number of benzene rings is 1. The smallest absolute Gasteiger partial charge is 0.214 e. The van der Waals surface area contributed by atoms with Crippen LogP contribution in [0.2, 0.25) is 0 Å². The first-order chi connectivity index (χ1) is 10.6. The molecule has 0 aliphatic rings. The minimum Gasteiger partial charge on any atom is -0.264 e. The zero-order chi connectivity index (χ0) is 15.5. The van der Waals surface area contributed by atoms with E-state index in [-0.39, 0.29) is 5.25 Å². The SMILES string of the molecule is Cc1ccc(-n2nnnc2S[C@H](C)c2cccnc2)c(C)c1. The summed E-state index contributed by atoms with van der Waals surface area (Å²) in [7, 11) is 0. The van der Waals surface area contributed by atoms with Crippen LogP contribution in [0, 0.1) is 13.8 Å². The van der Waals surface area contributed by atoms with Gasteiger partial charge in [-0.1, -0.05) is 35.5 Å². The Morgan fingerprint density at radius 1 is 1.18 bits per heavy atom. The van der Waals surface area contributed by atoms with Crippen LogP contribution < -0.4 is 0 Å². The van der Waals surface area contributed by atoms with Crippen molar-refractivity contribution in [3.8, 4) is 5.69 Å². The third kappa shape index (κ3) is 3.01. The van der Waals surface area contributed by atoms with Gasteiger partial charge in [-0.05, 0) is 54.5 Å². The number of aryl methyl sites for hydroxylation is 2. The van der Waals surface area contributed by atoms with Crippen LogP contribution >= 0.6 is 11.8 Å². The van der Waals surface area contributed by atoms with E-state index in [1.54, 1.807) is 22.6 Å². The first kappa shape index (κ1) is 14.7. The van der Waals surface area contributed by atoms with Crippen LogP contribution in [0.5, 0.6) is 0 Å². The van der Waals surface area contributed by atoms with E-state index in [4.69, 9.17) is 0 Å². The molecular weight excluding hydrogens is 294 g/mol. The normalized spacial score (nSPS) is 12.3. The van der Waals surface area contributed by atoms with Crippen molar-refractivity contribution in [2.45, 2.75) is 31.2 Å². The van der Waals surface area contributed by atoms with Gasteiger partial charge in [0.15, 0.2) is 0 Å². The van der Waals surface area contributed by atoms with Gasteiger partial charge in [-0.15, -0.1) is 5.10 Å². The molecule has 3 aromatic rings. The van der Waals surface area contributed by atoms with Gasteiger partial charge in [-0.2, -0.15) is 4.68 Å². The Labute approximate surface area is 133 Å². The molecule has 0 bridgehead atoms. The van der Waals surface area contributed by atoms with E-state index in [0.717, 1.165) is 22.0 Å². The van der Waals surface area contributed by atoms with Gasteiger partial charge in [-0.3, -0.25) is 4.98 Å². The predicted molar refractivity (Wildman–Crippen MR) is 87.1 cm³/mol. The summed E-state index contributed by atoms with van der Waals surface area (Å²) < 4.78 is 1.80. The minimum atomic E-state index is 0.226. The molecule has 2 heterocycles. The highest BCUT2D eigenvalue weighted by Crippen LogP contribution is 2.33. The number of aromatic nitrogens is 5. The minimum absolute atomic E-state index is 0.226. The van der Waals surface area contributed by atoms with Crippen LogP contribution in [0.25, 0.3) is 5.69 Å². The molecule has 0 aliphatic heterocycles. The molecule has 1 atom stereocenters. The zero-order valence-corrected chi connectivity index (χ0v) is 13.6. The van der Waals surface area contributed by atoms with Crippen molar-refractivity contribution in [3.05, 3.63) is 59.4 Å². The molecule has 1 aromatic carbocycles. The van der Waals surface area contributed by atoms with Crippen molar-refractivity contribution in [3.63, 3.8) is 0 Å². The lowest BCUT2D eigenvalue weighted by Gasteiger charge is -2.12. The van der Waals surface area contributed by atoms with Crippen LogP contribution in [0.15, 0.2) is 47.9 Å². The summed E-state index contributed by atoms with van der Waals surface area (Å²) in [6.45, 7) is 6.28. The summed E-state index contributed by atoms with van der Waals surface area (Å²) in [6.07, 6.45) is 3.66. The fraction of sp³-hybridized carbons (Fsp3) is 0.250. The van der Waals surface area contributed by atoms with Crippen LogP contribution in [0.4, 0.5) is 0 Å². The quantitative estimate of drug-likeness (QED) is 0.690. The summed E-state index contributed by atoms with van der Waals surface area (Å²) >= 11 is 1.62. The summed E-state index contributed by atoms with van der Waals surface area (Å²) in [4.78, 5) is 4.17. The lowest BCUT2D eigenvalue weighted by Crippen LogP contribution is -2.02. The monoisotopic (exact) mass is 311 g/mol. The largest absolute Gasteiger partial charge is 0.264 e. The molecule has 0 unspecified atom stereocenters. The molecule has 0 saturated carbocycles. The zero-order valence-electron chi connectivity index (χ0n) is 12.8. The molecule has 2 aromatic heterocycles. The molecule has 0 amide bonds. The van der Waals surface area contributed by atoms with E-state index in [0.29, 0.717) is 0 Å². The Balaban J connectivity index is 1.89. The van der Waals surface area contributed by atoms with Gasteiger partial charge in [0.1, 0.15) is 0 Å². The van der Waals surface area contributed by atoms with Crippen molar-refractivity contribution >= 4 is 11.8 Å². The second kappa shape index (κ2) is 6.27. The van der Waals surface area contributed by atoms with E-state index < -0.39 is 0 Å². The van der Waals surface area contributed by atoms with E-state index in [2.05, 4.69) is 65.5 Å². The highest BCUT2D eigenvalue weighted by molar-refractivity contribution is 7.99. The van der Waals surface area contributed by atoms with Gasteiger partial charge in [0.05, 0.1) is 5.69 Å². The fourth-order valence-electron chi connectivity index (χ4n) is 2.29. The highest BCUT2D eigenvalue weighted by atomic mass is 32.2. The Bertz CT molecular complexity index is 769. The van der Waals surface area contributed by atoms with Crippen LogP contribution in [-0.4, -0.2) is 25.2 Å². The first-order valence-corrected chi connectivity index (χ1v) is 7.95. The molecule has 0 saturated heterocycles. The van der Waals surface area contributed by atoms with Crippen LogP contribution in [-0.2, 0) is 0 Å². The van der Waals surface area contributed by atoms with Crippen molar-refractivity contribution in [2.75, 3.05) is 0 Å². The molecule has 0 radical (unpaired) electrons. The van der Waals surface area contributed by atoms with Crippen LogP contribution in [0.1, 0.15) is 28.9 Å². The second-order valence-electron chi connectivity index (χ2n) is 5.21. The molecular formula is C16H17N5S. The molecule has 0 aliphatic carbocycles. The standard InChI is InChI=1S/C16H17N5S/c1-11-6-7-15(12(2)9-11)21-16(18-19-20-21)22-13(3)14-5-4-8-17-10-14/h4-10,13H,1-3H3/t13-/m1/s1.